The zero-order valence-corrected chi connectivity index (χ0v) is 9.70. The van der Waals surface area contributed by atoms with Gasteiger partial charge in [0.1, 0.15) is 11.6 Å². The average Bonchev–Trinajstić information content (AvgIpc) is 3.07. The van der Waals surface area contributed by atoms with E-state index in [9.17, 15) is 9.18 Å². The van der Waals surface area contributed by atoms with Crippen molar-refractivity contribution in [3.8, 4) is 5.75 Å². The number of aryl methyl sites for hydroxylation is 1. The van der Waals surface area contributed by atoms with Gasteiger partial charge in [-0.05, 0) is 49.4 Å². The zero-order chi connectivity index (χ0) is 12.5. The van der Waals surface area contributed by atoms with Gasteiger partial charge in [-0.3, -0.25) is 4.79 Å². The van der Waals surface area contributed by atoms with E-state index in [-0.39, 0.29) is 5.82 Å². The summed E-state index contributed by atoms with van der Waals surface area (Å²) in [6.45, 7) is 0. The summed E-state index contributed by atoms with van der Waals surface area (Å²) in [5, 5.41) is 9.06. The number of hydrogen-bond acceptors (Lipinski definition) is 2. The highest BCUT2D eigenvalue weighted by Gasteiger charge is 2.49. The third-order valence-electron chi connectivity index (χ3n) is 3.42. The Kier molecular flexibility index (Phi) is 3.05. The molecule has 17 heavy (non-hydrogen) atoms. The van der Waals surface area contributed by atoms with E-state index in [1.807, 2.05) is 0 Å². The molecule has 1 N–H and O–H groups in total. The summed E-state index contributed by atoms with van der Waals surface area (Å²) in [7, 11) is 1.53. The second-order valence-electron chi connectivity index (χ2n) is 4.54. The topological polar surface area (TPSA) is 46.5 Å². The summed E-state index contributed by atoms with van der Waals surface area (Å²) in [4.78, 5) is 11.0. The SMILES string of the molecule is COc1ccc(F)cc1CCC1(C(=O)O)CC1. The van der Waals surface area contributed by atoms with Gasteiger partial charge in [0.2, 0.25) is 0 Å². The maximum atomic E-state index is 13.1. The third kappa shape index (κ3) is 2.40. The van der Waals surface area contributed by atoms with Crippen LogP contribution in [0.15, 0.2) is 18.2 Å². The molecular formula is C13H15FO3. The number of carbonyl (C=O) groups is 1. The first kappa shape index (κ1) is 11.9. The number of rotatable bonds is 5. The Morgan fingerprint density at radius 3 is 2.76 bits per heavy atom. The van der Waals surface area contributed by atoms with Gasteiger partial charge in [-0.25, -0.2) is 4.39 Å². The Labute approximate surface area is 99.2 Å². The maximum Gasteiger partial charge on any atom is 0.309 e. The van der Waals surface area contributed by atoms with Crippen LogP contribution in [0.1, 0.15) is 24.8 Å². The smallest absolute Gasteiger partial charge is 0.309 e. The van der Waals surface area contributed by atoms with Gasteiger partial charge in [0.05, 0.1) is 12.5 Å². The summed E-state index contributed by atoms with van der Waals surface area (Å²) in [6, 6.07) is 4.33. The molecule has 0 heterocycles. The summed E-state index contributed by atoms with van der Waals surface area (Å²) in [5.74, 6) is -0.443. The highest BCUT2D eigenvalue weighted by Crippen LogP contribution is 2.50. The van der Waals surface area contributed by atoms with E-state index in [0.717, 1.165) is 18.4 Å². The second-order valence-corrected chi connectivity index (χ2v) is 4.54. The van der Waals surface area contributed by atoms with Crippen molar-refractivity contribution in [3.63, 3.8) is 0 Å². The number of ether oxygens (including phenoxy) is 1. The fourth-order valence-corrected chi connectivity index (χ4v) is 2.04. The van der Waals surface area contributed by atoms with E-state index >= 15 is 0 Å². The van der Waals surface area contributed by atoms with Crippen molar-refractivity contribution in [1.82, 2.24) is 0 Å². The molecule has 1 fully saturated rings. The molecule has 0 atom stereocenters. The Bertz CT molecular complexity index is 438. The van der Waals surface area contributed by atoms with Crippen LogP contribution in [0.2, 0.25) is 0 Å². The Morgan fingerprint density at radius 2 is 2.24 bits per heavy atom. The molecule has 4 heteroatoms. The molecule has 1 aliphatic carbocycles. The van der Waals surface area contributed by atoms with Gasteiger partial charge in [0.15, 0.2) is 0 Å². The molecule has 0 aliphatic heterocycles. The van der Waals surface area contributed by atoms with Crippen LogP contribution in [-0.4, -0.2) is 18.2 Å². The molecule has 0 radical (unpaired) electrons. The van der Waals surface area contributed by atoms with Crippen LogP contribution >= 0.6 is 0 Å². The lowest BCUT2D eigenvalue weighted by Crippen LogP contribution is -2.15. The van der Waals surface area contributed by atoms with Crippen molar-refractivity contribution < 1.29 is 19.0 Å². The summed E-state index contributed by atoms with van der Waals surface area (Å²) < 4.78 is 18.2. The standard InChI is InChI=1S/C13H15FO3/c1-17-11-3-2-10(14)8-9(11)4-5-13(6-7-13)12(15)16/h2-3,8H,4-7H2,1H3,(H,15,16). The fourth-order valence-electron chi connectivity index (χ4n) is 2.04. The predicted molar refractivity (Wildman–Crippen MR) is 60.6 cm³/mol. The van der Waals surface area contributed by atoms with Gasteiger partial charge in [0.25, 0.3) is 0 Å². The first-order valence-corrected chi connectivity index (χ1v) is 5.63. The first-order chi connectivity index (χ1) is 8.07. The van der Waals surface area contributed by atoms with Crippen molar-refractivity contribution in [3.05, 3.63) is 29.6 Å². The predicted octanol–water partition coefficient (Wildman–Crippen LogP) is 2.63. The molecule has 0 bridgehead atoms. The van der Waals surface area contributed by atoms with E-state index in [4.69, 9.17) is 9.84 Å². The minimum Gasteiger partial charge on any atom is -0.496 e. The molecule has 1 aromatic carbocycles. The summed E-state index contributed by atoms with van der Waals surface area (Å²) >= 11 is 0. The normalized spacial score (nSPS) is 16.6. The lowest BCUT2D eigenvalue weighted by atomic mass is 9.96. The first-order valence-electron chi connectivity index (χ1n) is 5.63. The lowest BCUT2D eigenvalue weighted by Gasteiger charge is -2.12. The number of halogens is 1. The van der Waals surface area contributed by atoms with Crippen molar-refractivity contribution in [2.45, 2.75) is 25.7 Å². The van der Waals surface area contributed by atoms with E-state index in [1.165, 1.54) is 19.2 Å². The number of carboxylic acids is 1. The lowest BCUT2D eigenvalue weighted by molar-refractivity contribution is -0.143. The van der Waals surface area contributed by atoms with Crippen LogP contribution in [-0.2, 0) is 11.2 Å². The van der Waals surface area contributed by atoms with Gasteiger partial charge < -0.3 is 9.84 Å². The largest absolute Gasteiger partial charge is 0.496 e. The summed E-state index contributed by atoms with van der Waals surface area (Å²) in [6.07, 6.45) is 2.52. The number of methoxy groups -OCH3 is 1. The van der Waals surface area contributed by atoms with E-state index in [2.05, 4.69) is 0 Å². The molecule has 0 saturated heterocycles. The molecule has 0 unspecified atom stereocenters. The van der Waals surface area contributed by atoms with Crippen molar-refractivity contribution >= 4 is 5.97 Å². The molecule has 1 aliphatic rings. The Morgan fingerprint density at radius 1 is 1.53 bits per heavy atom. The van der Waals surface area contributed by atoms with Crippen molar-refractivity contribution in [2.75, 3.05) is 7.11 Å². The fraction of sp³-hybridized carbons (Fsp3) is 0.462. The van der Waals surface area contributed by atoms with Gasteiger partial charge in [-0.15, -0.1) is 0 Å². The highest BCUT2D eigenvalue weighted by molar-refractivity contribution is 5.77. The second kappa shape index (κ2) is 4.35. The Hall–Kier alpha value is -1.58. The number of aliphatic carboxylic acids is 1. The Balaban J connectivity index is 2.08. The van der Waals surface area contributed by atoms with E-state index in [0.29, 0.717) is 18.6 Å². The van der Waals surface area contributed by atoms with Gasteiger partial charge in [-0.2, -0.15) is 0 Å². The average molecular weight is 238 g/mol. The number of benzene rings is 1. The van der Waals surface area contributed by atoms with Crippen LogP contribution in [0.5, 0.6) is 5.75 Å². The molecule has 0 amide bonds. The van der Waals surface area contributed by atoms with E-state index < -0.39 is 11.4 Å². The maximum absolute atomic E-state index is 13.1. The van der Waals surface area contributed by atoms with Crippen LogP contribution < -0.4 is 4.74 Å². The molecule has 3 nitrogen and oxygen atoms in total. The minimum absolute atomic E-state index is 0.319. The summed E-state index contributed by atoms with van der Waals surface area (Å²) in [5.41, 5.74) is 0.164. The van der Waals surface area contributed by atoms with Crippen LogP contribution in [0, 0.1) is 11.2 Å². The highest BCUT2D eigenvalue weighted by atomic mass is 19.1. The van der Waals surface area contributed by atoms with Crippen LogP contribution in [0.4, 0.5) is 4.39 Å². The molecule has 1 saturated carbocycles. The van der Waals surface area contributed by atoms with Crippen LogP contribution in [0.25, 0.3) is 0 Å². The van der Waals surface area contributed by atoms with Crippen molar-refractivity contribution in [1.29, 1.82) is 0 Å². The monoisotopic (exact) mass is 238 g/mol. The molecule has 1 aromatic rings. The number of carboxylic acid groups (broad SMARTS) is 1. The molecule has 0 spiro atoms. The van der Waals surface area contributed by atoms with Gasteiger partial charge >= 0.3 is 5.97 Å². The molecular weight excluding hydrogens is 223 g/mol. The molecule has 92 valence electrons. The zero-order valence-electron chi connectivity index (χ0n) is 9.70. The van der Waals surface area contributed by atoms with Crippen molar-refractivity contribution in [2.24, 2.45) is 5.41 Å². The van der Waals surface area contributed by atoms with Gasteiger partial charge in [0, 0.05) is 0 Å². The van der Waals surface area contributed by atoms with Crippen LogP contribution in [0.3, 0.4) is 0 Å². The van der Waals surface area contributed by atoms with E-state index in [1.54, 1.807) is 6.07 Å². The molecule has 2 rings (SSSR count). The third-order valence-corrected chi connectivity index (χ3v) is 3.42. The number of hydrogen-bond donors (Lipinski definition) is 1. The quantitative estimate of drug-likeness (QED) is 0.857. The van der Waals surface area contributed by atoms with Gasteiger partial charge in [-0.1, -0.05) is 0 Å². The molecule has 0 aromatic heterocycles. The minimum atomic E-state index is -0.743.